The maximum Gasteiger partial charge on any atom is 0.191 e. The zero-order valence-electron chi connectivity index (χ0n) is 15.5. The van der Waals surface area contributed by atoms with Crippen molar-refractivity contribution in [3.05, 3.63) is 29.8 Å². The van der Waals surface area contributed by atoms with Gasteiger partial charge in [-0.3, -0.25) is 9.89 Å². The minimum Gasteiger partial charge on any atom is -0.497 e. The Morgan fingerprint density at radius 2 is 1.92 bits per heavy atom. The third-order valence-corrected chi connectivity index (χ3v) is 4.22. The molecule has 1 aromatic rings. The Bertz CT molecular complexity index is 504. The van der Waals surface area contributed by atoms with Gasteiger partial charge in [-0.2, -0.15) is 0 Å². The fourth-order valence-electron chi connectivity index (χ4n) is 2.83. The Kier molecular flexibility index (Phi) is 10.8. The lowest BCUT2D eigenvalue weighted by atomic mass is 10.0. The molecule has 0 spiro atoms. The van der Waals surface area contributed by atoms with Crippen LogP contribution in [-0.4, -0.2) is 64.4 Å². The summed E-state index contributed by atoms with van der Waals surface area (Å²) in [6.07, 6.45) is 1.08. The van der Waals surface area contributed by atoms with Crippen molar-refractivity contribution >= 4 is 29.9 Å². The van der Waals surface area contributed by atoms with Gasteiger partial charge in [-0.25, -0.2) is 0 Å². The molecule has 1 unspecified atom stereocenters. The maximum absolute atomic E-state index is 5.50. The van der Waals surface area contributed by atoms with E-state index < -0.39 is 0 Å². The highest BCUT2D eigenvalue weighted by Gasteiger charge is 2.23. The van der Waals surface area contributed by atoms with E-state index >= 15 is 0 Å². The van der Waals surface area contributed by atoms with Crippen LogP contribution in [0.15, 0.2) is 29.3 Å². The van der Waals surface area contributed by atoms with Crippen LogP contribution in [0.4, 0.5) is 0 Å². The lowest BCUT2D eigenvalue weighted by molar-refractivity contribution is 0.0170. The van der Waals surface area contributed by atoms with Crippen LogP contribution < -0.4 is 15.4 Å². The summed E-state index contributed by atoms with van der Waals surface area (Å²) < 4.78 is 10.8. The zero-order valence-corrected chi connectivity index (χ0v) is 17.8. The van der Waals surface area contributed by atoms with Gasteiger partial charge in [0.05, 0.1) is 26.4 Å². The van der Waals surface area contributed by atoms with E-state index in [0.717, 1.165) is 57.5 Å². The topological polar surface area (TPSA) is 58.1 Å². The molecule has 6 nitrogen and oxygen atoms in total. The van der Waals surface area contributed by atoms with Crippen LogP contribution in [0.5, 0.6) is 5.75 Å². The van der Waals surface area contributed by atoms with E-state index in [1.54, 1.807) is 7.11 Å². The van der Waals surface area contributed by atoms with Crippen LogP contribution in [0, 0.1) is 0 Å². The number of hydrogen-bond donors (Lipinski definition) is 2. The van der Waals surface area contributed by atoms with Gasteiger partial charge in [0.1, 0.15) is 5.75 Å². The molecule has 7 heteroatoms. The standard InChI is InChI=1S/C18H30N4O2.HI/c1-4-9-20-18(19-2)21-14-17(22-10-12-24-13-11-22)15-5-7-16(23-3)8-6-15;/h5-8,17H,4,9-14H2,1-3H3,(H2,19,20,21);1H. The highest BCUT2D eigenvalue weighted by atomic mass is 127. The molecule has 0 aromatic heterocycles. The maximum atomic E-state index is 5.50. The summed E-state index contributed by atoms with van der Waals surface area (Å²) in [4.78, 5) is 6.76. The second kappa shape index (κ2) is 12.3. The monoisotopic (exact) mass is 462 g/mol. The summed E-state index contributed by atoms with van der Waals surface area (Å²) in [5.74, 6) is 1.73. The zero-order chi connectivity index (χ0) is 17.2. The summed E-state index contributed by atoms with van der Waals surface area (Å²) in [5, 5.41) is 6.78. The molecule has 0 amide bonds. The number of hydrogen-bond acceptors (Lipinski definition) is 4. The first kappa shape index (κ1) is 22.0. The minimum atomic E-state index is 0. The normalized spacial score (nSPS) is 16.7. The average molecular weight is 462 g/mol. The van der Waals surface area contributed by atoms with Gasteiger partial charge >= 0.3 is 0 Å². The highest BCUT2D eigenvalue weighted by Crippen LogP contribution is 2.23. The van der Waals surface area contributed by atoms with Crippen molar-refractivity contribution in [2.24, 2.45) is 4.99 Å². The van der Waals surface area contributed by atoms with Crippen LogP contribution in [0.2, 0.25) is 0 Å². The van der Waals surface area contributed by atoms with Gasteiger partial charge in [0, 0.05) is 33.2 Å². The summed E-state index contributed by atoms with van der Waals surface area (Å²) in [7, 11) is 3.50. The first-order chi connectivity index (χ1) is 11.8. The Balaban J connectivity index is 0.00000312. The third-order valence-electron chi connectivity index (χ3n) is 4.22. The second-order valence-corrected chi connectivity index (χ2v) is 5.82. The van der Waals surface area contributed by atoms with Gasteiger partial charge in [0.2, 0.25) is 0 Å². The molecule has 2 N–H and O–H groups in total. The summed E-state index contributed by atoms with van der Waals surface area (Å²) >= 11 is 0. The SMILES string of the molecule is CCCNC(=NC)NCC(c1ccc(OC)cc1)N1CCOCC1.I. The number of methoxy groups -OCH3 is 1. The van der Waals surface area contributed by atoms with Crippen molar-refractivity contribution < 1.29 is 9.47 Å². The predicted molar refractivity (Wildman–Crippen MR) is 113 cm³/mol. The van der Waals surface area contributed by atoms with E-state index in [1.165, 1.54) is 5.56 Å². The number of nitrogens with zero attached hydrogens (tertiary/aromatic N) is 2. The number of morpholine rings is 1. The van der Waals surface area contributed by atoms with Crippen molar-refractivity contribution in [2.45, 2.75) is 19.4 Å². The molecular weight excluding hydrogens is 431 g/mol. The molecule has 1 aliphatic heterocycles. The molecule has 0 aliphatic carbocycles. The number of aliphatic imine (C=N–C) groups is 1. The minimum absolute atomic E-state index is 0. The Hall–Kier alpha value is -1.06. The van der Waals surface area contributed by atoms with E-state index in [1.807, 2.05) is 19.2 Å². The third kappa shape index (κ3) is 6.99. The number of guanidine groups is 1. The van der Waals surface area contributed by atoms with Crippen LogP contribution in [-0.2, 0) is 4.74 Å². The molecule has 0 saturated carbocycles. The van der Waals surface area contributed by atoms with Crippen molar-refractivity contribution in [2.75, 3.05) is 53.6 Å². The Labute approximate surface area is 168 Å². The first-order valence-electron chi connectivity index (χ1n) is 8.68. The number of ether oxygens (including phenoxy) is 2. The van der Waals surface area contributed by atoms with Gasteiger partial charge in [0.25, 0.3) is 0 Å². The van der Waals surface area contributed by atoms with Gasteiger partial charge in [-0.05, 0) is 24.1 Å². The van der Waals surface area contributed by atoms with Crippen LogP contribution in [0.3, 0.4) is 0 Å². The van der Waals surface area contributed by atoms with Crippen molar-refractivity contribution in [1.82, 2.24) is 15.5 Å². The van der Waals surface area contributed by atoms with E-state index in [4.69, 9.17) is 9.47 Å². The number of halogens is 1. The molecule has 0 bridgehead atoms. The summed E-state index contributed by atoms with van der Waals surface area (Å²) in [6.45, 7) is 7.33. The van der Waals surface area contributed by atoms with E-state index in [0.29, 0.717) is 0 Å². The van der Waals surface area contributed by atoms with Crippen molar-refractivity contribution in [3.8, 4) is 5.75 Å². The molecule has 1 fully saturated rings. The molecular formula is C18H31IN4O2. The smallest absolute Gasteiger partial charge is 0.191 e. The second-order valence-electron chi connectivity index (χ2n) is 5.82. The van der Waals surface area contributed by atoms with E-state index in [2.05, 4.69) is 39.6 Å². The molecule has 1 saturated heterocycles. The summed E-state index contributed by atoms with van der Waals surface area (Å²) in [6, 6.07) is 8.60. The highest BCUT2D eigenvalue weighted by molar-refractivity contribution is 14.0. The van der Waals surface area contributed by atoms with Crippen LogP contribution in [0.1, 0.15) is 24.9 Å². The van der Waals surface area contributed by atoms with Crippen LogP contribution in [0.25, 0.3) is 0 Å². The number of benzene rings is 1. The van der Waals surface area contributed by atoms with Crippen molar-refractivity contribution in [3.63, 3.8) is 0 Å². The van der Waals surface area contributed by atoms with Gasteiger partial charge < -0.3 is 20.1 Å². The quantitative estimate of drug-likeness (QED) is 0.370. The average Bonchev–Trinajstić information content (AvgIpc) is 2.65. The molecule has 1 aromatic carbocycles. The van der Waals surface area contributed by atoms with E-state index in [-0.39, 0.29) is 30.0 Å². The van der Waals surface area contributed by atoms with Gasteiger partial charge in [-0.15, -0.1) is 24.0 Å². The fraction of sp³-hybridized carbons (Fsp3) is 0.611. The molecule has 142 valence electrons. The molecule has 1 aliphatic rings. The molecule has 0 radical (unpaired) electrons. The summed E-state index contributed by atoms with van der Waals surface area (Å²) in [5.41, 5.74) is 1.27. The van der Waals surface area contributed by atoms with Crippen LogP contribution >= 0.6 is 24.0 Å². The first-order valence-corrected chi connectivity index (χ1v) is 8.68. The number of rotatable bonds is 7. The molecule has 25 heavy (non-hydrogen) atoms. The number of nitrogens with one attached hydrogen (secondary N) is 2. The Morgan fingerprint density at radius 3 is 2.48 bits per heavy atom. The Morgan fingerprint density at radius 1 is 1.24 bits per heavy atom. The predicted octanol–water partition coefficient (Wildman–Crippen LogP) is 2.26. The lowest BCUT2D eigenvalue weighted by Gasteiger charge is -2.35. The van der Waals surface area contributed by atoms with Gasteiger partial charge in [0.15, 0.2) is 5.96 Å². The van der Waals surface area contributed by atoms with E-state index in [9.17, 15) is 0 Å². The van der Waals surface area contributed by atoms with Gasteiger partial charge in [-0.1, -0.05) is 19.1 Å². The molecule has 2 rings (SSSR count). The molecule has 1 atom stereocenters. The fourth-order valence-corrected chi connectivity index (χ4v) is 2.83. The van der Waals surface area contributed by atoms with Crippen molar-refractivity contribution in [1.29, 1.82) is 0 Å². The largest absolute Gasteiger partial charge is 0.497 e. The lowest BCUT2D eigenvalue weighted by Crippen LogP contribution is -2.46. The molecule has 1 heterocycles.